The van der Waals surface area contributed by atoms with E-state index in [-0.39, 0.29) is 6.04 Å². The normalized spacial score (nSPS) is 19.2. The smallest absolute Gasteiger partial charge is 0.350 e. The lowest BCUT2D eigenvalue weighted by Gasteiger charge is -2.37. The van der Waals surface area contributed by atoms with Gasteiger partial charge in [-0.15, -0.1) is 0 Å². The zero-order valence-electron chi connectivity index (χ0n) is 12.1. The van der Waals surface area contributed by atoms with Crippen LogP contribution in [0.3, 0.4) is 0 Å². The summed E-state index contributed by atoms with van der Waals surface area (Å²) in [6.45, 7) is 0.817. The zero-order valence-corrected chi connectivity index (χ0v) is 12.1. The number of alkyl halides is 3. The minimum absolute atomic E-state index is 0.0500. The third-order valence-electron chi connectivity index (χ3n) is 4.05. The third kappa shape index (κ3) is 3.08. The molecule has 3 rings (SSSR count). The lowest BCUT2D eigenvalue weighted by atomic mass is 9.94. The molecule has 0 bridgehead atoms. The van der Waals surface area contributed by atoms with Crippen LogP contribution in [0, 0.1) is 0 Å². The van der Waals surface area contributed by atoms with E-state index >= 15 is 0 Å². The van der Waals surface area contributed by atoms with Crippen molar-refractivity contribution in [2.24, 2.45) is 0 Å². The highest BCUT2D eigenvalue weighted by molar-refractivity contribution is 5.43. The number of anilines is 1. The van der Waals surface area contributed by atoms with Gasteiger partial charge < -0.3 is 4.90 Å². The summed E-state index contributed by atoms with van der Waals surface area (Å²) in [5, 5.41) is 0. The van der Waals surface area contributed by atoms with Gasteiger partial charge in [-0.25, -0.2) is 4.98 Å². The standard InChI is InChI=1S/C17H17F3N2/c18-17(19,20)14-7-5-6-13(12-14)15-8-2-4-11-22(15)16-9-1-3-10-21-16/h1,3,5-7,9-10,12,15H,2,4,8,11H2. The van der Waals surface area contributed by atoms with E-state index in [1.54, 1.807) is 12.3 Å². The molecule has 1 aliphatic heterocycles. The molecule has 2 aromatic rings. The maximum atomic E-state index is 12.9. The van der Waals surface area contributed by atoms with Gasteiger partial charge in [0.25, 0.3) is 0 Å². The fraction of sp³-hybridized carbons (Fsp3) is 0.353. The number of rotatable bonds is 2. The Balaban J connectivity index is 1.94. The van der Waals surface area contributed by atoms with Crippen molar-refractivity contribution in [1.82, 2.24) is 4.98 Å². The highest BCUT2D eigenvalue weighted by Gasteiger charge is 2.32. The summed E-state index contributed by atoms with van der Waals surface area (Å²) in [5.41, 5.74) is 0.122. The first kappa shape index (κ1) is 14.9. The van der Waals surface area contributed by atoms with E-state index in [1.807, 2.05) is 18.2 Å². The molecule has 1 unspecified atom stereocenters. The van der Waals surface area contributed by atoms with Crippen molar-refractivity contribution >= 4 is 5.82 Å². The molecule has 5 heteroatoms. The molecule has 0 aliphatic carbocycles. The molecule has 116 valence electrons. The number of hydrogen-bond donors (Lipinski definition) is 0. The number of aromatic nitrogens is 1. The Labute approximate surface area is 127 Å². The van der Waals surface area contributed by atoms with Crippen LogP contribution in [0.4, 0.5) is 19.0 Å². The second-order valence-corrected chi connectivity index (χ2v) is 5.52. The summed E-state index contributed by atoms with van der Waals surface area (Å²) in [6.07, 6.45) is 0.307. The van der Waals surface area contributed by atoms with E-state index in [0.717, 1.165) is 37.7 Å². The average Bonchev–Trinajstić information content (AvgIpc) is 2.55. The quantitative estimate of drug-likeness (QED) is 0.790. The van der Waals surface area contributed by atoms with E-state index in [4.69, 9.17) is 0 Å². The molecular weight excluding hydrogens is 289 g/mol. The van der Waals surface area contributed by atoms with Gasteiger partial charge in [0.05, 0.1) is 11.6 Å². The van der Waals surface area contributed by atoms with Crippen LogP contribution in [-0.2, 0) is 6.18 Å². The zero-order chi connectivity index (χ0) is 15.6. The fourth-order valence-electron chi connectivity index (χ4n) is 3.00. The minimum atomic E-state index is -4.31. The van der Waals surface area contributed by atoms with Crippen molar-refractivity contribution in [3.05, 3.63) is 59.8 Å². The van der Waals surface area contributed by atoms with Crippen molar-refractivity contribution in [1.29, 1.82) is 0 Å². The van der Waals surface area contributed by atoms with Crippen LogP contribution in [0.1, 0.15) is 36.4 Å². The molecule has 0 amide bonds. The predicted molar refractivity (Wildman–Crippen MR) is 79.6 cm³/mol. The fourth-order valence-corrected chi connectivity index (χ4v) is 3.00. The molecule has 1 aromatic heterocycles. The summed E-state index contributed by atoms with van der Waals surface area (Å²) in [5.74, 6) is 0.824. The van der Waals surface area contributed by atoms with Crippen molar-refractivity contribution in [3.8, 4) is 0 Å². The van der Waals surface area contributed by atoms with Gasteiger partial charge >= 0.3 is 6.18 Å². The van der Waals surface area contributed by atoms with Crippen LogP contribution in [0.2, 0.25) is 0 Å². The second kappa shape index (κ2) is 5.99. The number of pyridine rings is 1. The maximum absolute atomic E-state index is 12.9. The van der Waals surface area contributed by atoms with Gasteiger partial charge in [0.2, 0.25) is 0 Å². The van der Waals surface area contributed by atoms with Crippen LogP contribution in [-0.4, -0.2) is 11.5 Å². The summed E-state index contributed by atoms with van der Waals surface area (Å²) < 4.78 is 38.8. The lowest BCUT2D eigenvalue weighted by molar-refractivity contribution is -0.137. The molecule has 1 fully saturated rings. The van der Waals surface area contributed by atoms with Crippen molar-refractivity contribution in [3.63, 3.8) is 0 Å². The average molecular weight is 306 g/mol. The Hall–Kier alpha value is -2.04. The maximum Gasteiger partial charge on any atom is 0.416 e. The molecule has 0 N–H and O–H groups in total. The highest BCUT2D eigenvalue weighted by Crippen LogP contribution is 2.36. The van der Waals surface area contributed by atoms with Crippen LogP contribution in [0.15, 0.2) is 48.7 Å². The lowest BCUT2D eigenvalue weighted by Crippen LogP contribution is -2.34. The molecule has 1 aromatic carbocycles. The van der Waals surface area contributed by atoms with Crippen LogP contribution < -0.4 is 4.90 Å². The van der Waals surface area contributed by atoms with Crippen LogP contribution in [0.5, 0.6) is 0 Å². The summed E-state index contributed by atoms with van der Waals surface area (Å²) >= 11 is 0. The summed E-state index contributed by atoms with van der Waals surface area (Å²) in [4.78, 5) is 6.46. The topological polar surface area (TPSA) is 16.1 Å². The van der Waals surface area contributed by atoms with Gasteiger partial charge in [-0.05, 0) is 49.1 Å². The number of hydrogen-bond acceptors (Lipinski definition) is 2. The molecular formula is C17H17F3N2. The molecule has 0 radical (unpaired) electrons. The number of halogens is 3. The molecule has 1 saturated heterocycles. The monoisotopic (exact) mass is 306 g/mol. The Morgan fingerprint density at radius 1 is 1.05 bits per heavy atom. The van der Waals surface area contributed by atoms with Gasteiger partial charge in [-0.2, -0.15) is 13.2 Å². The molecule has 22 heavy (non-hydrogen) atoms. The first-order valence-electron chi connectivity index (χ1n) is 7.40. The van der Waals surface area contributed by atoms with Gasteiger partial charge in [0, 0.05) is 12.7 Å². The van der Waals surface area contributed by atoms with Crippen LogP contribution >= 0.6 is 0 Å². The van der Waals surface area contributed by atoms with Gasteiger partial charge in [-0.1, -0.05) is 18.2 Å². The van der Waals surface area contributed by atoms with Crippen molar-refractivity contribution in [2.45, 2.75) is 31.5 Å². The SMILES string of the molecule is FC(F)(F)c1cccc(C2CCCCN2c2ccccn2)c1. The molecule has 0 saturated carbocycles. The molecule has 1 aliphatic rings. The Bertz CT molecular complexity index is 625. The number of piperidine rings is 1. The first-order valence-corrected chi connectivity index (χ1v) is 7.40. The minimum Gasteiger partial charge on any atom is -0.350 e. The number of nitrogens with zero attached hydrogens (tertiary/aromatic N) is 2. The van der Waals surface area contributed by atoms with E-state index < -0.39 is 11.7 Å². The third-order valence-corrected chi connectivity index (χ3v) is 4.05. The van der Waals surface area contributed by atoms with Gasteiger partial charge in [0.1, 0.15) is 5.82 Å². The molecule has 1 atom stereocenters. The summed E-state index contributed by atoms with van der Waals surface area (Å²) in [6, 6.07) is 11.3. The van der Waals surface area contributed by atoms with E-state index in [0.29, 0.717) is 5.56 Å². The molecule has 0 spiro atoms. The second-order valence-electron chi connectivity index (χ2n) is 5.52. The van der Waals surface area contributed by atoms with Crippen molar-refractivity contribution in [2.75, 3.05) is 11.4 Å². The van der Waals surface area contributed by atoms with Gasteiger partial charge in [0.15, 0.2) is 0 Å². The Morgan fingerprint density at radius 2 is 1.91 bits per heavy atom. The van der Waals surface area contributed by atoms with E-state index in [2.05, 4.69) is 9.88 Å². The Kier molecular flexibility index (Phi) is 4.05. The predicted octanol–water partition coefficient (Wildman–Crippen LogP) is 4.83. The van der Waals surface area contributed by atoms with Crippen LogP contribution in [0.25, 0.3) is 0 Å². The van der Waals surface area contributed by atoms with E-state index in [1.165, 1.54) is 12.1 Å². The molecule has 2 nitrogen and oxygen atoms in total. The first-order chi connectivity index (χ1) is 10.6. The highest BCUT2D eigenvalue weighted by atomic mass is 19.4. The Morgan fingerprint density at radius 3 is 2.64 bits per heavy atom. The van der Waals surface area contributed by atoms with Crippen molar-refractivity contribution < 1.29 is 13.2 Å². The summed E-state index contributed by atoms with van der Waals surface area (Å²) in [7, 11) is 0. The van der Waals surface area contributed by atoms with Gasteiger partial charge in [-0.3, -0.25) is 0 Å². The van der Waals surface area contributed by atoms with E-state index in [9.17, 15) is 13.2 Å². The molecule has 2 heterocycles. The number of benzene rings is 1. The largest absolute Gasteiger partial charge is 0.416 e.